The fourth-order valence-corrected chi connectivity index (χ4v) is 5.86. The van der Waals surface area contributed by atoms with E-state index in [0.717, 1.165) is 33.6 Å². The first-order chi connectivity index (χ1) is 16.1. The van der Waals surface area contributed by atoms with Crippen molar-refractivity contribution in [2.75, 3.05) is 12.0 Å². The third-order valence-corrected chi connectivity index (χ3v) is 7.74. The van der Waals surface area contributed by atoms with Gasteiger partial charge in [0.25, 0.3) is 5.91 Å². The molecule has 1 amide bonds. The first-order valence-electron chi connectivity index (χ1n) is 9.81. The van der Waals surface area contributed by atoms with Gasteiger partial charge in [-0.25, -0.2) is 19.2 Å². The lowest BCUT2D eigenvalue weighted by atomic mass is 9.94. The zero-order chi connectivity index (χ0) is 24.9. The van der Waals surface area contributed by atoms with Crippen molar-refractivity contribution in [3.63, 3.8) is 0 Å². The van der Waals surface area contributed by atoms with Gasteiger partial charge >= 0.3 is 5.97 Å². The van der Waals surface area contributed by atoms with E-state index in [9.17, 15) is 19.5 Å². The number of aromatic nitrogens is 2. The van der Waals surface area contributed by atoms with Gasteiger partial charge in [-0.15, -0.1) is 11.3 Å². The number of ether oxygens (including phenoxy) is 1. The van der Waals surface area contributed by atoms with Crippen LogP contribution in [-0.4, -0.2) is 39.8 Å². The van der Waals surface area contributed by atoms with E-state index in [1.165, 1.54) is 19.2 Å². The molecule has 1 aromatic carbocycles. The molecule has 176 valence electrons. The van der Waals surface area contributed by atoms with E-state index >= 15 is 4.39 Å². The van der Waals surface area contributed by atoms with Crippen LogP contribution in [0.3, 0.4) is 0 Å². The van der Waals surface area contributed by atoms with E-state index in [1.807, 2.05) is 0 Å². The van der Waals surface area contributed by atoms with E-state index in [4.69, 9.17) is 16.3 Å². The highest BCUT2D eigenvalue weighted by Crippen LogP contribution is 2.46. The summed E-state index contributed by atoms with van der Waals surface area (Å²) in [6.07, 6.45) is 0. The van der Waals surface area contributed by atoms with Crippen LogP contribution in [0.1, 0.15) is 47.3 Å². The van der Waals surface area contributed by atoms with E-state index < -0.39 is 35.3 Å². The molecule has 0 saturated carbocycles. The second kappa shape index (κ2) is 8.90. The summed E-state index contributed by atoms with van der Waals surface area (Å²) in [5.74, 6) is -3.96. The fraction of sp³-hybridized carbons (Fsp3) is 0.227. The lowest BCUT2D eigenvalue weighted by Crippen LogP contribution is -2.31. The summed E-state index contributed by atoms with van der Waals surface area (Å²) in [5, 5.41) is 11.4. The van der Waals surface area contributed by atoms with Crippen LogP contribution < -0.4 is 4.90 Å². The number of benzene rings is 1. The Hall–Kier alpha value is -3.15. The van der Waals surface area contributed by atoms with E-state index in [2.05, 4.69) is 9.97 Å². The van der Waals surface area contributed by atoms with Crippen LogP contribution >= 0.6 is 34.3 Å². The average molecular weight is 522 g/mol. The Balaban J connectivity index is 1.95. The normalized spacial score (nSPS) is 15.9. The highest BCUT2D eigenvalue weighted by atomic mass is 35.5. The van der Waals surface area contributed by atoms with Gasteiger partial charge in [-0.1, -0.05) is 29.0 Å². The van der Waals surface area contributed by atoms with Crippen LogP contribution in [0.15, 0.2) is 29.5 Å². The molecule has 34 heavy (non-hydrogen) atoms. The quantitative estimate of drug-likeness (QED) is 0.376. The molecule has 1 aliphatic heterocycles. The molecule has 4 rings (SSSR count). The van der Waals surface area contributed by atoms with Crippen molar-refractivity contribution in [1.29, 1.82) is 0 Å². The second-order valence-electron chi connectivity index (χ2n) is 7.35. The SMILES string of the molecule is COC(=O)c1sc(N2C(=O)C(O)=C(C(=O)c3sc(C)nc3C)C2c2c(F)cccc2Cl)nc1C. The lowest BCUT2D eigenvalue weighted by molar-refractivity contribution is -0.117. The number of aliphatic hydroxyl groups is 1. The molecule has 0 saturated heterocycles. The van der Waals surface area contributed by atoms with Crippen LogP contribution in [0.4, 0.5) is 9.52 Å². The predicted molar refractivity (Wildman–Crippen MR) is 125 cm³/mol. The summed E-state index contributed by atoms with van der Waals surface area (Å²) in [6.45, 7) is 4.88. The number of nitrogens with zero attached hydrogens (tertiary/aromatic N) is 3. The number of ketones is 1. The second-order valence-corrected chi connectivity index (χ2v) is 9.94. The van der Waals surface area contributed by atoms with E-state index in [-0.39, 0.29) is 36.7 Å². The van der Waals surface area contributed by atoms with Crippen molar-refractivity contribution in [3.8, 4) is 0 Å². The monoisotopic (exact) mass is 521 g/mol. The van der Waals surface area contributed by atoms with Crippen molar-refractivity contribution in [2.24, 2.45) is 0 Å². The Kier molecular flexibility index (Phi) is 6.28. The zero-order valence-electron chi connectivity index (χ0n) is 18.3. The van der Waals surface area contributed by atoms with Crippen LogP contribution in [-0.2, 0) is 9.53 Å². The number of Topliss-reactive ketones (excluding diaryl/α,β-unsaturated/α-hetero) is 1. The van der Waals surface area contributed by atoms with E-state index in [0.29, 0.717) is 10.7 Å². The summed E-state index contributed by atoms with van der Waals surface area (Å²) < 4.78 is 19.8. The number of carbonyl (C=O) groups excluding carboxylic acids is 3. The first kappa shape index (κ1) is 24.0. The van der Waals surface area contributed by atoms with Crippen LogP contribution in [0, 0.1) is 26.6 Å². The van der Waals surface area contributed by atoms with Gasteiger partial charge in [0, 0.05) is 10.6 Å². The minimum Gasteiger partial charge on any atom is -0.503 e. The lowest BCUT2D eigenvalue weighted by Gasteiger charge is -2.25. The number of hydrogen-bond donors (Lipinski definition) is 1. The van der Waals surface area contributed by atoms with Gasteiger partial charge in [0.2, 0.25) is 5.78 Å². The van der Waals surface area contributed by atoms with Crippen molar-refractivity contribution in [2.45, 2.75) is 26.8 Å². The highest BCUT2D eigenvalue weighted by molar-refractivity contribution is 7.17. The standard InChI is InChI=1S/C22H17ClFN3O5S2/c1-8-18(33-10(3)25-8)16(28)14-15(13-11(23)6-5-7-12(13)24)27(20(30)17(14)29)22-26-9(2)19(34-22)21(31)32-4/h5-7,15,29H,1-4H3. The average Bonchev–Trinajstić information content (AvgIpc) is 3.40. The van der Waals surface area contributed by atoms with Crippen molar-refractivity contribution in [1.82, 2.24) is 9.97 Å². The van der Waals surface area contributed by atoms with Crippen molar-refractivity contribution >= 4 is 57.1 Å². The molecule has 0 fully saturated rings. The van der Waals surface area contributed by atoms with Gasteiger partial charge < -0.3 is 9.84 Å². The molecule has 0 bridgehead atoms. The summed E-state index contributed by atoms with van der Waals surface area (Å²) in [5.41, 5.74) is 0.147. The van der Waals surface area contributed by atoms with Gasteiger partial charge in [-0.3, -0.25) is 14.5 Å². The third kappa shape index (κ3) is 3.79. The number of rotatable bonds is 5. The fourth-order valence-electron chi connectivity index (χ4n) is 3.71. The number of anilines is 1. The molecule has 2 aromatic heterocycles. The molecule has 1 atom stereocenters. The molecule has 1 unspecified atom stereocenters. The topological polar surface area (TPSA) is 110 Å². The van der Waals surface area contributed by atoms with Gasteiger partial charge in [0.1, 0.15) is 16.7 Å². The number of methoxy groups -OCH3 is 1. The predicted octanol–water partition coefficient (Wildman–Crippen LogP) is 4.89. The molecule has 12 heteroatoms. The number of aliphatic hydroxyl groups excluding tert-OH is 1. The first-order valence-corrected chi connectivity index (χ1v) is 11.8. The number of halogens is 2. The number of aryl methyl sites for hydroxylation is 3. The van der Waals surface area contributed by atoms with Gasteiger partial charge in [0.15, 0.2) is 10.9 Å². The smallest absolute Gasteiger partial charge is 0.350 e. The summed E-state index contributed by atoms with van der Waals surface area (Å²) in [6, 6.07) is 2.50. The maximum Gasteiger partial charge on any atom is 0.350 e. The summed E-state index contributed by atoms with van der Waals surface area (Å²) >= 11 is 8.23. The van der Waals surface area contributed by atoms with Crippen LogP contribution in [0.2, 0.25) is 5.02 Å². The van der Waals surface area contributed by atoms with Crippen molar-refractivity contribution < 1.29 is 28.6 Å². The maximum atomic E-state index is 15.1. The number of esters is 1. The van der Waals surface area contributed by atoms with Gasteiger partial charge in [-0.2, -0.15) is 0 Å². The Bertz CT molecular complexity index is 1380. The minimum absolute atomic E-state index is 0.0289. The highest BCUT2D eigenvalue weighted by Gasteiger charge is 2.48. The number of carbonyl (C=O) groups is 3. The molecule has 3 heterocycles. The molecule has 1 aliphatic rings. The third-order valence-electron chi connectivity index (χ3n) is 5.20. The molecule has 0 radical (unpaired) electrons. The molecule has 0 spiro atoms. The van der Waals surface area contributed by atoms with Crippen molar-refractivity contribution in [3.05, 3.63) is 72.1 Å². The maximum absolute atomic E-state index is 15.1. The number of thiazole rings is 2. The molecular formula is C22H17ClFN3O5S2. The van der Waals surface area contributed by atoms with Crippen LogP contribution in [0.25, 0.3) is 0 Å². The summed E-state index contributed by atoms with van der Waals surface area (Å²) in [4.78, 5) is 48.7. The molecule has 3 aromatic rings. The molecule has 0 aliphatic carbocycles. The Morgan fingerprint density at radius 3 is 2.41 bits per heavy atom. The largest absolute Gasteiger partial charge is 0.503 e. The number of hydrogen-bond acceptors (Lipinski definition) is 9. The zero-order valence-corrected chi connectivity index (χ0v) is 20.7. The van der Waals surface area contributed by atoms with E-state index in [1.54, 1.807) is 20.8 Å². The molecular weight excluding hydrogens is 505 g/mol. The Morgan fingerprint density at radius 1 is 1.15 bits per heavy atom. The molecule has 8 nitrogen and oxygen atoms in total. The Labute approximate surface area is 206 Å². The Morgan fingerprint density at radius 2 is 1.82 bits per heavy atom. The minimum atomic E-state index is -1.42. The number of amides is 1. The molecule has 1 N–H and O–H groups in total. The van der Waals surface area contributed by atoms with Gasteiger partial charge in [-0.05, 0) is 32.9 Å². The van der Waals surface area contributed by atoms with Crippen LogP contribution in [0.5, 0.6) is 0 Å². The summed E-state index contributed by atoms with van der Waals surface area (Å²) in [7, 11) is 1.20. The van der Waals surface area contributed by atoms with Gasteiger partial charge in [0.05, 0.1) is 34.0 Å².